The predicted molar refractivity (Wildman–Crippen MR) is 104 cm³/mol. The predicted octanol–water partition coefficient (Wildman–Crippen LogP) is 3.45. The number of aromatic nitrogens is 2. The molecular weight excluding hydrogens is 362 g/mol. The zero-order valence-corrected chi connectivity index (χ0v) is 15.6. The minimum atomic E-state index is -0.235. The summed E-state index contributed by atoms with van der Waals surface area (Å²) in [6.45, 7) is 0.798. The first kappa shape index (κ1) is 17.4. The van der Waals surface area contributed by atoms with Crippen LogP contribution in [0.15, 0.2) is 60.8 Å². The van der Waals surface area contributed by atoms with E-state index in [1.807, 2.05) is 54.6 Å². The number of hydrogen-bond donors (Lipinski definition) is 1. The van der Waals surface area contributed by atoms with E-state index in [0.29, 0.717) is 29.4 Å². The highest BCUT2D eigenvalue weighted by molar-refractivity contribution is 7.71. The molecule has 0 saturated heterocycles. The number of amides is 1. The van der Waals surface area contributed by atoms with E-state index in [1.165, 1.54) is 0 Å². The molecule has 0 spiro atoms. The molecule has 6 nitrogen and oxygen atoms in total. The molecule has 1 atom stereocenters. The van der Waals surface area contributed by atoms with Crippen molar-refractivity contribution in [1.29, 1.82) is 0 Å². The molecule has 3 aromatic rings. The van der Waals surface area contributed by atoms with Crippen LogP contribution < -0.4 is 9.47 Å². The Morgan fingerprint density at radius 1 is 1.19 bits per heavy atom. The Labute approximate surface area is 162 Å². The van der Waals surface area contributed by atoms with E-state index >= 15 is 0 Å². The number of nitrogens with one attached hydrogen (secondary N) is 1. The first-order valence-corrected chi connectivity index (χ1v) is 9.04. The first-order chi connectivity index (χ1) is 13.1. The summed E-state index contributed by atoms with van der Waals surface area (Å²) in [5, 5.41) is 0. The number of aromatic amines is 1. The Kier molecular flexibility index (Phi) is 4.68. The fourth-order valence-corrected chi connectivity index (χ4v) is 3.36. The van der Waals surface area contributed by atoms with E-state index in [9.17, 15) is 4.79 Å². The van der Waals surface area contributed by atoms with Crippen molar-refractivity contribution in [3.05, 3.63) is 71.3 Å². The number of benzene rings is 2. The molecule has 0 bridgehead atoms. The fraction of sp³-hybridized carbons (Fsp3) is 0.200. The number of ether oxygens (including phenoxy) is 2. The molecule has 0 unspecified atom stereocenters. The topological polar surface area (TPSA) is 59.5 Å². The fourth-order valence-electron chi connectivity index (χ4n) is 3.10. The van der Waals surface area contributed by atoms with Crippen molar-refractivity contribution in [1.82, 2.24) is 14.5 Å². The van der Waals surface area contributed by atoms with Gasteiger partial charge in [-0.1, -0.05) is 30.3 Å². The van der Waals surface area contributed by atoms with Gasteiger partial charge in [-0.2, -0.15) is 0 Å². The third-order valence-electron chi connectivity index (χ3n) is 4.40. The lowest BCUT2D eigenvalue weighted by molar-refractivity contribution is 0.0516. The molecule has 1 amide bonds. The number of imidazole rings is 1. The van der Waals surface area contributed by atoms with E-state index in [-0.39, 0.29) is 12.0 Å². The van der Waals surface area contributed by atoms with Gasteiger partial charge in [-0.15, -0.1) is 0 Å². The Hall–Kier alpha value is -3.06. The summed E-state index contributed by atoms with van der Waals surface area (Å²) in [5.41, 5.74) is 1.32. The lowest BCUT2D eigenvalue weighted by Crippen LogP contribution is -2.42. The zero-order chi connectivity index (χ0) is 18.8. The summed E-state index contributed by atoms with van der Waals surface area (Å²) in [7, 11) is 1.75. The van der Waals surface area contributed by atoms with Gasteiger partial charge in [-0.05, 0) is 36.5 Å². The second-order valence-corrected chi connectivity index (χ2v) is 6.72. The Morgan fingerprint density at radius 2 is 1.89 bits per heavy atom. The largest absolute Gasteiger partial charge is 0.486 e. The van der Waals surface area contributed by atoms with E-state index in [1.54, 1.807) is 22.7 Å². The van der Waals surface area contributed by atoms with Crippen molar-refractivity contribution in [2.45, 2.75) is 6.10 Å². The van der Waals surface area contributed by atoms with Crippen molar-refractivity contribution in [2.75, 3.05) is 20.2 Å². The molecule has 0 fully saturated rings. The van der Waals surface area contributed by atoms with Gasteiger partial charge in [-0.3, -0.25) is 9.36 Å². The number of fused-ring (bicyclic) bond motifs is 1. The third kappa shape index (κ3) is 3.46. The average Bonchev–Trinajstić information content (AvgIpc) is 3.09. The van der Waals surface area contributed by atoms with Gasteiger partial charge in [0.15, 0.2) is 22.4 Å². The maximum absolute atomic E-state index is 13.0. The van der Waals surface area contributed by atoms with Crippen LogP contribution in [0.25, 0.3) is 5.69 Å². The molecule has 0 radical (unpaired) electrons. The number of rotatable bonds is 4. The standard InChI is InChI=1S/C20H19N3O3S/c1-22(12-15-13-25-17-9-5-6-10-18(17)26-15)19(24)16-11-21-20(27)23(16)14-7-3-2-4-8-14/h2-11,15H,12-13H2,1H3,(H,21,27)/t15-/m1/s1. The maximum Gasteiger partial charge on any atom is 0.272 e. The van der Waals surface area contributed by atoms with Crippen molar-refractivity contribution in [3.63, 3.8) is 0 Å². The average molecular weight is 381 g/mol. The van der Waals surface area contributed by atoms with Gasteiger partial charge in [0, 0.05) is 18.9 Å². The number of H-pyrrole nitrogens is 1. The highest BCUT2D eigenvalue weighted by Crippen LogP contribution is 2.31. The van der Waals surface area contributed by atoms with E-state index < -0.39 is 0 Å². The van der Waals surface area contributed by atoms with Gasteiger partial charge in [0.05, 0.1) is 6.54 Å². The molecule has 1 aliphatic heterocycles. The number of carbonyl (C=O) groups excluding carboxylic acids is 1. The summed E-state index contributed by atoms with van der Waals surface area (Å²) < 4.78 is 13.9. The van der Waals surface area contributed by atoms with Crippen molar-refractivity contribution in [3.8, 4) is 17.2 Å². The van der Waals surface area contributed by atoms with Crippen molar-refractivity contribution < 1.29 is 14.3 Å². The number of para-hydroxylation sites is 3. The number of hydrogen-bond acceptors (Lipinski definition) is 4. The summed E-state index contributed by atoms with van der Waals surface area (Å²) in [5.74, 6) is 1.28. The molecular formula is C20H19N3O3S. The number of nitrogens with zero attached hydrogens (tertiary/aromatic N) is 2. The quantitative estimate of drug-likeness (QED) is 0.704. The molecule has 1 aliphatic rings. The molecule has 2 heterocycles. The highest BCUT2D eigenvalue weighted by Gasteiger charge is 2.25. The Balaban J connectivity index is 1.52. The second kappa shape index (κ2) is 7.28. The van der Waals surface area contributed by atoms with Gasteiger partial charge in [0.25, 0.3) is 5.91 Å². The first-order valence-electron chi connectivity index (χ1n) is 8.63. The third-order valence-corrected chi connectivity index (χ3v) is 4.70. The smallest absolute Gasteiger partial charge is 0.272 e. The van der Waals surface area contributed by atoms with Crippen LogP contribution in [0.1, 0.15) is 10.5 Å². The van der Waals surface area contributed by atoms with E-state index in [2.05, 4.69) is 4.98 Å². The van der Waals surface area contributed by atoms with Crippen LogP contribution in [-0.2, 0) is 0 Å². The molecule has 2 aromatic carbocycles. The lowest BCUT2D eigenvalue weighted by Gasteiger charge is -2.29. The van der Waals surface area contributed by atoms with Crippen molar-refractivity contribution >= 4 is 18.1 Å². The summed E-state index contributed by atoms with van der Waals surface area (Å²) >= 11 is 5.36. The van der Waals surface area contributed by atoms with Crippen LogP contribution in [0.3, 0.4) is 0 Å². The second-order valence-electron chi connectivity index (χ2n) is 6.33. The van der Waals surface area contributed by atoms with Gasteiger partial charge in [-0.25, -0.2) is 0 Å². The van der Waals surface area contributed by atoms with Gasteiger partial charge in [0.2, 0.25) is 0 Å². The van der Waals surface area contributed by atoms with Crippen molar-refractivity contribution in [2.24, 2.45) is 0 Å². The molecule has 7 heteroatoms. The lowest BCUT2D eigenvalue weighted by atomic mass is 10.2. The van der Waals surface area contributed by atoms with E-state index in [0.717, 1.165) is 11.4 Å². The molecule has 0 saturated carbocycles. The summed E-state index contributed by atoms with van der Waals surface area (Å²) in [6.07, 6.45) is 1.41. The molecule has 27 heavy (non-hydrogen) atoms. The molecule has 1 aromatic heterocycles. The monoisotopic (exact) mass is 381 g/mol. The SMILES string of the molecule is CN(C[C@@H]1COc2ccccc2O1)C(=O)c1c[nH]c(=S)n1-c1ccccc1. The normalized spacial score (nSPS) is 15.4. The number of carbonyl (C=O) groups is 1. The summed E-state index contributed by atoms with van der Waals surface area (Å²) in [4.78, 5) is 17.6. The van der Waals surface area contributed by atoms with E-state index in [4.69, 9.17) is 21.7 Å². The van der Waals surface area contributed by atoms with Crippen LogP contribution in [0.5, 0.6) is 11.5 Å². The minimum Gasteiger partial charge on any atom is -0.486 e. The minimum absolute atomic E-state index is 0.145. The van der Waals surface area contributed by atoms with Gasteiger partial charge >= 0.3 is 0 Å². The van der Waals surface area contributed by atoms with Crippen LogP contribution in [0.2, 0.25) is 0 Å². The molecule has 4 rings (SSSR count). The molecule has 0 aliphatic carbocycles. The maximum atomic E-state index is 13.0. The van der Waals surface area contributed by atoms with Crippen LogP contribution in [-0.4, -0.2) is 46.7 Å². The van der Waals surface area contributed by atoms with Crippen LogP contribution in [0, 0.1) is 4.77 Å². The molecule has 138 valence electrons. The molecule has 1 N–H and O–H groups in total. The Morgan fingerprint density at radius 3 is 2.67 bits per heavy atom. The van der Waals surface area contributed by atoms with Gasteiger partial charge in [0.1, 0.15) is 12.3 Å². The Bertz CT molecular complexity index is 1010. The van der Waals surface area contributed by atoms with Crippen LogP contribution >= 0.6 is 12.2 Å². The number of likely N-dealkylation sites (N-methyl/N-ethyl adjacent to an activating group) is 1. The highest BCUT2D eigenvalue weighted by atomic mass is 32.1. The summed E-state index contributed by atoms with van der Waals surface area (Å²) in [6, 6.07) is 17.1. The zero-order valence-electron chi connectivity index (χ0n) is 14.8. The van der Waals surface area contributed by atoms with Crippen LogP contribution in [0.4, 0.5) is 0 Å². The van der Waals surface area contributed by atoms with Gasteiger partial charge < -0.3 is 19.4 Å².